The minimum atomic E-state index is -0.855. The van der Waals surface area contributed by atoms with Gasteiger partial charge in [0, 0.05) is 0 Å². The molecule has 0 saturated carbocycles. The predicted molar refractivity (Wildman–Crippen MR) is 48.8 cm³/mol. The molecule has 1 aromatic rings. The van der Waals surface area contributed by atoms with E-state index in [4.69, 9.17) is 17.3 Å². The van der Waals surface area contributed by atoms with E-state index < -0.39 is 6.09 Å². The van der Waals surface area contributed by atoms with E-state index in [1.165, 1.54) is 6.20 Å². The summed E-state index contributed by atoms with van der Waals surface area (Å²) in [6, 6.07) is 1.64. The number of nitrogens with zero attached hydrogens (tertiary/aromatic N) is 1. The number of aromatic nitrogens is 1. The first kappa shape index (κ1) is 9.80. The van der Waals surface area contributed by atoms with Crippen molar-refractivity contribution in [1.82, 2.24) is 4.98 Å². The van der Waals surface area contributed by atoms with E-state index in [9.17, 15) is 4.79 Å². The van der Waals surface area contributed by atoms with E-state index in [-0.39, 0.29) is 0 Å². The first-order chi connectivity index (χ1) is 6.13. The molecule has 1 aromatic heterocycles. The van der Waals surface area contributed by atoms with Crippen molar-refractivity contribution >= 4 is 17.7 Å². The second-order valence-corrected chi connectivity index (χ2v) is 2.75. The van der Waals surface area contributed by atoms with E-state index in [1.54, 1.807) is 6.07 Å². The zero-order valence-electron chi connectivity index (χ0n) is 7.08. The molecule has 0 radical (unpaired) electrons. The number of amides is 1. The lowest BCUT2D eigenvalue weighted by Crippen LogP contribution is -2.16. The number of carbonyl (C=O) groups is 1. The van der Waals surface area contributed by atoms with E-state index in [0.717, 1.165) is 12.0 Å². The summed E-state index contributed by atoms with van der Waals surface area (Å²) < 4.78 is 4.63. The van der Waals surface area contributed by atoms with Crippen LogP contribution in [0.4, 0.5) is 4.79 Å². The molecule has 1 rings (SSSR count). The van der Waals surface area contributed by atoms with Crippen LogP contribution in [0.1, 0.15) is 12.5 Å². The van der Waals surface area contributed by atoms with Crippen LogP contribution < -0.4 is 10.5 Å². The molecule has 0 bridgehead atoms. The summed E-state index contributed by atoms with van der Waals surface area (Å²) in [6.07, 6.45) is 1.22. The molecule has 0 aliphatic rings. The van der Waals surface area contributed by atoms with Crippen molar-refractivity contribution in [2.45, 2.75) is 13.3 Å². The molecule has 4 nitrogen and oxygen atoms in total. The molecule has 0 unspecified atom stereocenters. The Morgan fingerprint density at radius 1 is 1.77 bits per heavy atom. The van der Waals surface area contributed by atoms with Gasteiger partial charge in [-0.2, -0.15) is 0 Å². The number of nitrogens with two attached hydrogens (primary N) is 1. The number of aryl methyl sites for hydroxylation is 1. The van der Waals surface area contributed by atoms with E-state index in [0.29, 0.717) is 10.9 Å². The monoisotopic (exact) mass is 200 g/mol. The third-order valence-electron chi connectivity index (χ3n) is 1.49. The summed E-state index contributed by atoms with van der Waals surface area (Å²) in [7, 11) is 0. The van der Waals surface area contributed by atoms with E-state index in [2.05, 4.69) is 9.72 Å². The molecule has 1 heterocycles. The van der Waals surface area contributed by atoms with Crippen LogP contribution in [0.3, 0.4) is 0 Å². The van der Waals surface area contributed by atoms with Crippen molar-refractivity contribution in [3.63, 3.8) is 0 Å². The maximum absolute atomic E-state index is 10.4. The van der Waals surface area contributed by atoms with Crippen LogP contribution in [0, 0.1) is 0 Å². The van der Waals surface area contributed by atoms with Gasteiger partial charge in [0.15, 0.2) is 5.75 Å². The predicted octanol–water partition coefficient (Wildman–Crippen LogP) is 1.75. The largest absolute Gasteiger partial charge is 0.410 e. The minimum absolute atomic E-state index is 0.314. The third-order valence-corrected chi connectivity index (χ3v) is 1.83. The van der Waals surface area contributed by atoms with Gasteiger partial charge in [0.1, 0.15) is 5.15 Å². The fourth-order valence-corrected chi connectivity index (χ4v) is 1.13. The number of hydrogen-bond acceptors (Lipinski definition) is 3. The normalized spacial score (nSPS) is 9.69. The second kappa shape index (κ2) is 4.09. The SMILES string of the molecule is CCc1cc(OC(N)=O)cnc1Cl. The van der Waals surface area contributed by atoms with E-state index in [1.807, 2.05) is 6.92 Å². The van der Waals surface area contributed by atoms with Crippen molar-refractivity contribution < 1.29 is 9.53 Å². The lowest BCUT2D eigenvalue weighted by Gasteiger charge is -2.03. The number of ether oxygens (including phenoxy) is 1. The molecule has 0 fully saturated rings. The Balaban J connectivity index is 2.92. The highest BCUT2D eigenvalue weighted by Crippen LogP contribution is 2.19. The zero-order chi connectivity index (χ0) is 9.84. The Bertz CT molecular complexity index is 328. The summed E-state index contributed by atoms with van der Waals surface area (Å²) in [5, 5.41) is 0.416. The van der Waals surface area contributed by atoms with Gasteiger partial charge in [0.25, 0.3) is 0 Å². The zero-order valence-corrected chi connectivity index (χ0v) is 7.84. The molecule has 1 amide bonds. The first-order valence-corrected chi connectivity index (χ1v) is 4.13. The van der Waals surface area contributed by atoms with Crippen LogP contribution in [0.25, 0.3) is 0 Å². The summed E-state index contributed by atoms with van der Waals surface area (Å²) in [6.45, 7) is 1.93. The van der Waals surface area contributed by atoms with Crippen LogP contribution in [-0.4, -0.2) is 11.1 Å². The highest BCUT2D eigenvalue weighted by molar-refractivity contribution is 6.30. The Hall–Kier alpha value is -1.29. The topological polar surface area (TPSA) is 65.2 Å². The number of primary amides is 1. The number of pyridine rings is 1. The number of halogens is 1. The van der Waals surface area contributed by atoms with Gasteiger partial charge in [-0.1, -0.05) is 18.5 Å². The average Bonchev–Trinajstić information content (AvgIpc) is 2.07. The molecule has 0 atom stereocenters. The third kappa shape index (κ3) is 2.59. The number of carbonyl (C=O) groups excluding carboxylic acids is 1. The maximum Gasteiger partial charge on any atom is 0.410 e. The molecule has 2 N–H and O–H groups in total. The van der Waals surface area contributed by atoms with Gasteiger partial charge in [-0.15, -0.1) is 0 Å². The molecule has 0 saturated heterocycles. The molecule has 0 aliphatic heterocycles. The number of hydrogen-bond donors (Lipinski definition) is 1. The quantitative estimate of drug-likeness (QED) is 0.740. The molecule has 0 aliphatic carbocycles. The van der Waals surface area contributed by atoms with E-state index >= 15 is 0 Å². The molecule has 0 aromatic carbocycles. The van der Waals surface area contributed by atoms with Gasteiger partial charge in [0.05, 0.1) is 6.20 Å². The molecular formula is C8H9ClN2O2. The standard InChI is InChI=1S/C8H9ClN2O2/c1-2-5-3-6(13-8(10)12)4-11-7(5)9/h3-4H,2H2,1H3,(H2,10,12). The van der Waals surface area contributed by atoms with Crippen LogP contribution in [0.5, 0.6) is 5.75 Å². The Kier molecular flexibility index (Phi) is 3.08. The molecule has 0 spiro atoms. The lowest BCUT2D eigenvalue weighted by molar-refractivity contribution is 0.210. The van der Waals surface area contributed by atoms with Gasteiger partial charge in [-0.3, -0.25) is 0 Å². The summed E-state index contributed by atoms with van der Waals surface area (Å²) in [5.41, 5.74) is 5.65. The smallest absolute Gasteiger partial charge is 0.409 e. The van der Waals surface area contributed by atoms with Gasteiger partial charge in [0.2, 0.25) is 0 Å². The molecule has 13 heavy (non-hydrogen) atoms. The van der Waals surface area contributed by atoms with Gasteiger partial charge >= 0.3 is 6.09 Å². The average molecular weight is 201 g/mol. The Morgan fingerprint density at radius 2 is 2.46 bits per heavy atom. The molecule has 5 heteroatoms. The molecular weight excluding hydrogens is 192 g/mol. The van der Waals surface area contributed by atoms with Crippen molar-refractivity contribution in [2.24, 2.45) is 5.73 Å². The maximum atomic E-state index is 10.4. The summed E-state index contributed by atoms with van der Waals surface area (Å²) in [4.78, 5) is 14.2. The van der Waals surface area contributed by atoms with Crippen LogP contribution in [-0.2, 0) is 6.42 Å². The van der Waals surface area contributed by atoms with Gasteiger partial charge in [-0.25, -0.2) is 9.78 Å². The lowest BCUT2D eigenvalue weighted by atomic mass is 10.2. The van der Waals surface area contributed by atoms with Crippen LogP contribution >= 0.6 is 11.6 Å². The molecule has 70 valence electrons. The summed E-state index contributed by atoms with van der Waals surface area (Å²) >= 11 is 5.75. The Morgan fingerprint density at radius 3 is 3.00 bits per heavy atom. The van der Waals surface area contributed by atoms with Crippen LogP contribution in [0.2, 0.25) is 5.15 Å². The van der Waals surface area contributed by atoms with Crippen molar-refractivity contribution in [2.75, 3.05) is 0 Å². The number of rotatable bonds is 2. The second-order valence-electron chi connectivity index (χ2n) is 2.40. The fourth-order valence-electron chi connectivity index (χ4n) is 0.892. The Labute approximate surface area is 80.7 Å². The van der Waals surface area contributed by atoms with Gasteiger partial charge < -0.3 is 10.5 Å². The summed E-state index contributed by atoms with van der Waals surface area (Å²) in [5.74, 6) is 0.314. The van der Waals surface area contributed by atoms with Crippen molar-refractivity contribution in [1.29, 1.82) is 0 Å². The van der Waals surface area contributed by atoms with Crippen molar-refractivity contribution in [3.05, 3.63) is 23.0 Å². The highest BCUT2D eigenvalue weighted by atomic mass is 35.5. The first-order valence-electron chi connectivity index (χ1n) is 3.75. The van der Waals surface area contributed by atoms with Crippen molar-refractivity contribution in [3.8, 4) is 5.75 Å². The van der Waals surface area contributed by atoms with Crippen LogP contribution in [0.15, 0.2) is 12.3 Å². The fraction of sp³-hybridized carbons (Fsp3) is 0.250. The highest BCUT2D eigenvalue weighted by Gasteiger charge is 2.04. The minimum Gasteiger partial charge on any atom is -0.409 e. The van der Waals surface area contributed by atoms with Gasteiger partial charge in [-0.05, 0) is 18.1 Å².